The molecule has 1 aliphatic rings. The molecule has 170 valence electrons. The SMILES string of the molecule is COc1ccc(C(=O)N2CCN(c3cc(C)nc4nc(C(F)(F)F)nn34)CC2)c(OC)c1. The Bertz CT molecular complexity index is 1160. The Morgan fingerprint density at radius 2 is 1.75 bits per heavy atom. The number of halogens is 3. The molecule has 0 unspecified atom stereocenters. The number of ether oxygens (including phenoxy) is 2. The van der Waals surface area contributed by atoms with E-state index in [-0.39, 0.29) is 11.7 Å². The minimum absolute atomic E-state index is 0.117. The standard InChI is InChI=1S/C20H21F3N6O3/c1-12-10-16(29-19(24-12)25-18(26-29)20(21,22)23)27-6-8-28(9-7-27)17(30)14-5-4-13(31-2)11-15(14)32-3/h4-5,10-11H,6-9H2,1-3H3. The molecule has 2 aromatic heterocycles. The van der Waals surface area contributed by atoms with Crippen LogP contribution in [0.15, 0.2) is 24.3 Å². The first-order valence-corrected chi connectivity index (χ1v) is 9.79. The van der Waals surface area contributed by atoms with Crippen LogP contribution in [0.1, 0.15) is 21.9 Å². The average Bonchev–Trinajstić information content (AvgIpc) is 3.22. The van der Waals surface area contributed by atoms with Gasteiger partial charge in [0, 0.05) is 44.0 Å². The summed E-state index contributed by atoms with van der Waals surface area (Å²) in [5.74, 6) is -0.118. The number of aromatic nitrogens is 4. The van der Waals surface area contributed by atoms with Gasteiger partial charge in [-0.05, 0) is 19.1 Å². The van der Waals surface area contributed by atoms with Gasteiger partial charge in [-0.3, -0.25) is 4.79 Å². The van der Waals surface area contributed by atoms with E-state index < -0.39 is 12.0 Å². The molecule has 3 aromatic rings. The highest BCUT2D eigenvalue weighted by Gasteiger charge is 2.37. The van der Waals surface area contributed by atoms with E-state index in [1.807, 2.05) is 4.90 Å². The Morgan fingerprint density at radius 1 is 1.03 bits per heavy atom. The van der Waals surface area contributed by atoms with Gasteiger partial charge in [-0.2, -0.15) is 22.7 Å². The van der Waals surface area contributed by atoms with E-state index in [2.05, 4.69) is 15.1 Å². The maximum absolute atomic E-state index is 13.1. The number of benzene rings is 1. The minimum Gasteiger partial charge on any atom is -0.497 e. The lowest BCUT2D eigenvalue weighted by atomic mass is 10.1. The van der Waals surface area contributed by atoms with Crippen LogP contribution in [0.4, 0.5) is 19.0 Å². The Hall–Kier alpha value is -3.57. The second-order valence-electron chi connectivity index (χ2n) is 7.25. The highest BCUT2D eigenvalue weighted by Crippen LogP contribution is 2.29. The summed E-state index contributed by atoms with van der Waals surface area (Å²) in [6.07, 6.45) is -4.67. The van der Waals surface area contributed by atoms with E-state index in [9.17, 15) is 18.0 Å². The van der Waals surface area contributed by atoms with Crippen molar-refractivity contribution in [3.63, 3.8) is 0 Å². The number of aryl methyl sites for hydroxylation is 1. The van der Waals surface area contributed by atoms with E-state index in [4.69, 9.17) is 9.47 Å². The molecule has 1 fully saturated rings. The summed E-state index contributed by atoms with van der Waals surface area (Å²) in [6, 6.07) is 6.64. The number of anilines is 1. The van der Waals surface area contributed by atoms with E-state index in [0.717, 1.165) is 4.52 Å². The number of nitrogens with zero attached hydrogens (tertiary/aromatic N) is 6. The van der Waals surface area contributed by atoms with Crippen molar-refractivity contribution in [3.8, 4) is 11.5 Å². The van der Waals surface area contributed by atoms with Crippen LogP contribution in [-0.2, 0) is 6.18 Å². The van der Waals surface area contributed by atoms with Crippen LogP contribution in [-0.4, -0.2) is 70.8 Å². The highest BCUT2D eigenvalue weighted by atomic mass is 19.4. The molecule has 1 aromatic carbocycles. The Balaban J connectivity index is 1.55. The third-order valence-electron chi connectivity index (χ3n) is 5.20. The molecule has 0 aliphatic carbocycles. The molecular weight excluding hydrogens is 429 g/mol. The van der Waals surface area contributed by atoms with Crippen LogP contribution in [0.25, 0.3) is 5.78 Å². The second-order valence-corrected chi connectivity index (χ2v) is 7.25. The summed E-state index contributed by atoms with van der Waals surface area (Å²) in [7, 11) is 3.01. The fourth-order valence-corrected chi connectivity index (χ4v) is 3.60. The summed E-state index contributed by atoms with van der Waals surface area (Å²) in [6.45, 7) is 3.24. The van der Waals surface area contributed by atoms with Crippen LogP contribution in [0.2, 0.25) is 0 Å². The predicted octanol–water partition coefficient (Wildman–Crippen LogP) is 2.43. The third-order valence-corrected chi connectivity index (χ3v) is 5.20. The first-order valence-electron chi connectivity index (χ1n) is 9.79. The van der Waals surface area contributed by atoms with Crippen molar-refractivity contribution in [2.24, 2.45) is 0 Å². The van der Waals surface area contributed by atoms with Gasteiger partial charge in [0.2, 0.25) is 0 Å². The number of carbonyl (C=O) groups excluding carboxylic acids is 1. The number of hydrogen-bond acceptors (Lipinski definition) is 7. The number of piperazine rings is 1. The van der Waals surface area contributed by atoms with Gasteiger partial charge in [0.1, 0.15) is 17.3 Å². The average molecular weight is 450 g/mol. The van der Waals surface area contributed by atoms with Gasteiger partial charge in [-0.25, -0.2) is 4.98 Å². The van der Waals surface area contributed by atoms with Gasteiger partial charge < -0.3 is 19.3 Å². The number of carbonyl (C=O) groups is 1. The largest absolute Gasteiger partial charge is 0.497 e. The predicted molar refractivity (Wildman–Crippen MR) is 108 cm³/mol. The quantitative estimate of drug-likeness (QED) is 0.604. The summed E-state index contributed by atoms with van der Waals surface area (Å²) in [5.41, 5.74) is 0.935. The van der Waals surface area contributed by atoms with Crippen molar-refractivity contribution in [1.82, 2.24) is 24.5 Å². The molecule has 1 aliphatic heterocycles. The fourth-order valence-electron chi connectivity index (χ4n) is 3.60. The van der Waals surface area contributed by atoms with Crippen LogP contribution >= 0.6 is 0 Å². The summed E-state index contributed by atoms with van der Waals surface area (Å²) >= 11 is 0. The second kappa shape index (κ2) is 8.17. The molecule has 32 heavy (non-hydrogen) atoms. The molecule has 0 spiro atoms. The molecular formula is C20H21F3N6O3. The first kappa shape index (κ1) is 21.7. The van der Waals surface area contributed by atoms with Crippen LogP contribution in [0.5, 0.6) is 11.5 Å². The van der Waals surface area contributed by atoms with Crippen molar-refractivity contribution in [2.45, 2.75) is 13.1 Å². The first-order chi connectivity index (χ1) is 15.2. The molecule has 0 saturated carbocycles. The molecule has 9 nitrogen and oxygen atoms in total. The van der Waals surface area contributed by atoms with Crippen molar-refractivity contribution in [3.05, 3.63) is 41.3 Å². The van der Waals surface area contributed by atoms with Gasteiger partial charge in [0.15, 0.2) is 0 Å². The Labute approximate surface area is 181 Å². The van der Waals surface area contributed by atoms with E-state index in [1.165, 1.54) is 14.2 Å². The molecule has 0 N–H and O–H groups in total. The molecule has 4 rings (SSSR count). The lowest BCUT2D eigenvalue weighted by Crippen LogP contribution is -2.49. The molecule has 3 heterocycles. The van der Waals surface area contributed by atoms with Gasteiger partial charge >= 0.3 is 6.18 Å². The monoisotopic (exact) mass is 450 g/mol. The van der Waals surface area contributed by atoms with Crippen LogP contribution in [0.3, 0.4) is 0 Å². The van der Waals surface area contributed by atoms with E-state index >= 15 is 0 Å². The Morgan fingerprint density at radius 3 is 2.38 bits per heavy atom. The summed E-state index contributed by atoms with van der Waals surface area (Å²) < 4.78 is 50.8. The Kier molecular flexibility index (Phi) is 5.53. The van der Waals surface area contributed by atoms with Crippen LogP contribution < -0.4 is 14.4 Å². The topological polar surface area (TPSA) is 85.1 Å². The zero-order valence-corrected chi connectivity index (χ0v) is 17.7. The maximum atomic E-state index is 13.1. The van der Waals surface area contributed by atoms with Gasteiger partial charge in [0.05, 0.1) is 19.8 Å². The zero-order chi connectivity index (χ0) is 23.0. The lowest BCUT2D eigenvalue weighted by molar-refractivity contribution is -0.144. The molecule has 1 amide bonds. The van der Waals surface area contributed by atoms with Crippen molar-refractivity contribution < 1.29 is 27.4 Å². The van der Waals surface area contributed by atoms with Crippen molar-refractivity contribution >= 4 is 17.5 Å². The van der Waals surface area contributed by atoms with E-state index in [1.54, 1.807) is 36.1 Å². The highest BCUT2D eigenvalue weighted by molar-refractivity contribution is 5.97. The van der Waals surface area contributed by atoms with Crippen molar-refractivity contribution in [1.29, 1.82) is 0 Å². The fraction of sp³-hybridized carbons (Fsp3) is 0.400. The smallest absolute Gasteiger partial charge is 0.453 e. The summed E-state index contributed by atoms with van der Waals surface area (Å²) in [4.78, 5) is 24.1. The third kappa shape index (κ3) is 3.99. The molecule has 0 atom stereocenters. The van der Waals surface area contributed by atoms with Crippen molar-refractivity contribution in [2.75, 3.05) is 45.3 Å². The zero-order valence-electron chi connectivity index (χ0n) is 17.7. The molecule has 0 bridgehead atoms. The molecule has 12 heteroatoms. The summed E-state index contributed by atoms with van der Waals surface area (Å²) in [5, 5.41) is 3.61. The van der Waals surface area contributed by atoms with E-state index in [0.29, 0.717) is 54.8 Å². The number of fused-ring (bicyclic) bond motifs is 1. The number of rotatable bonds is 4. The number of amides is 1. The minimum atomic E-state index is -4.67. The number of hydrogen-bond donors (Lipinski definition) is 0. The number of alkyl halides is 3. The van der Waals surface area contributed by atoms with Gasteiger partial charge in [0.25, 0.3) is 17.5 Å². The van der Waals surface area contributed by atoms with Crippen LogP contribution in [0, 0.1) is 6.92 Å². The maximum Gasteiger partial charge on any atom is 0.453 e. The van der Waals surface area contributed by atoms with Gasteiger partial charge in [-0.15, -0.1) is 5.10 Å². The number of methoxy groups -OCH3 is 2. The normalized spacial score (nSPS) is 14.7. The van der Waals surface area contributed by atoms with Gasteiger partial charge in [-0.1, -0.05) is 0 Å². The molecule has 0 radical (unpaired) electrons. The molecule has 1 saturated heterocycles. The lowest BCUT2D eigenvalue weighted by Gasteiger charge is -2.36.